The number of rotatable bonds is 2. The van der Waals surface area contributed by atoms with Crippen molar-refractivity contribution in [3.8, 4) is 0 Å². The van der Waals surface area contributed by atoms with Gasteiger partial charge in [-0.2, -0.15) is 9.78 Å². The summed E-state index contributed by atoms with van der Waals surface area (Å²) in [5, 5.41) is 17.3. The summed E-state index contributed by atoms with van der Waals surface area (Å²) in [4.78, 5) is 0. The van der Waals surface area contributed by atoms with Gasteiger partial charge >= 0.3 is 0 Å². The fraction of sp³-hybridized carbons (Fsp3) is 0.350. The minimum absolute atomic E-state index is 0.510. The van der Waals surface area contributed by atoms with Crippen molar-refractivity contribution in [2.45, 2.75) is 43.2 Å². The zero-order valence-electron chi connectivity index (χ0n) is 14.1. The largest absolute Gasteiger partial charge is 0.212 e. The highest BCUT2D eigenvalue weighted by Gasteiger charge is 2.26. The first kappa shape index (κ1) is 15.1. The molecule has 2 aromatic carbocycles. The van der Waals surface area contributed by atoms with Gasteiger partial charge < -0.3 is 0 Å². The molecule has 1 aliphatic carbocycles. The standard InChI is InChI=1S/C20H20N4S/c1-2-7-15(8-3-1)19-21-22-20-24(19)23-18(13-25-20)17-11-10-14-6-4-5-9-16(14)12-17/h4-6,9-12,15H,1-3,7-8,13H2. The topological polar surface area (TPSA) is 43.1 Å². The average molecular weight is 348 g/mol. The maximum absolute atomic E-state index is 4.95. The Morgan fingerprint density at radius 3 is 2.64 bits per heavy atom. The van der Waals surface area contributed by atoms with Crippen LogP contribution in [0.5, 0.6) is 0 Å². The van der Waals surface area contributed by atoms with Crippen molar-refractivity contribution in [2.75, 3.05) is 5.75 Å². The number of thioether (sulfide) groups is 1. The highest BCUT2D eigenvalue weighted by atomic mass is 32.2. The summed E-state index contributed by atoms with van der Waals surface area (Å²) in [6.07, 6.45) is 6.35. The van der Waals surface area contributed by atoms with Gasteiger partial charge in [0.05, 0.1) is 5.71 Å². The van der Waals surface area contributed by atoms with Crippen LogP contribution in [0.15, 0.2) is 52.7 Å². The van der Waals surface area contributed by atoms with Crippen LogP contribution >= 0.6 is 11.8 Å². The molecule has 2 aliphatic rings. The van der Waals surface area contributed by atoms with Crippen LogP contribution in [-0.4, -0.2) is 26.3 Å². The maximum Gasteiger partial charge on any atom is 0.212 e. The fourth-order valence-corrected chi connectivity index (χ4v) is 4.71. The van der Waals surface area contributed by atoms with Crippen molar-refractivity contribution < 1.29 is 0 Å². The van der Waals surface area contributed by atoms with Gasteiger partial charge in [-0.15, -0.1) is 10.2 Å². The van der Waals surface area contributed by atoms with Gasteiger partial charge in [-0.3, -0.25) is 0 Å². The molecule has 0 saturated heterocycles. The van der Waals surface area contributed by atoms with E-state index in [4.69, 9.17) is 5.10 Å². The predicted octanol–water partition coefficient (Wildman–Crippen LogP) is 4.84. The van der Waals surface area contributed by atoms with Crippen LogP contribution in [0.4, 0.5) is 0 Å². The van der Waals surface area contributed by atoms with Crippen LogP contribution in [0, 0.1) is 0 Å². The summed E-state index contributed by atoms with van der Waals surface area (Å²) in [5.74, 6) is 2.41. The number of hydrogen-bond donors (Lipinski definition) is 0. The Balaban J connectivity index is 1.54. The molecule has 0 N–H and O–H groups in total. The SMILES string of the molecule is c1ccc2cc(C3=Nn4c(nnc4C4CCCCC4)SC3)ccc2c1. The summed E-state index contributed by atoms with van der Waals surface area (Å²) in [5.41, 5.74) is 2.31. The molecule has 5 heteroatoms. The van der Waals surface area contributed by atoms with Gasteiger partial charge in [-0.25, -0.2) is 0 Å². The zero-order chi connectivity index (χ0) is 16.6. The van der Waals surface area contributed by atoms with Crippen LogP contribution < -0.4 is 0 Å². The van der Waals surface area contributed by atoms with E-state index in [2.05, 4.69) is 52.7 Å². The Bertz CT molecular complexity index is 953. The molecule has 0 amide bonds. The van der Waals surface area contributed by atoms with Crippen molar-refractivity contribution in [3.63, 3.8) is 0 Å². The molecular weight excluding hydrogens is 328 g/mol. The van der Waals surface area contributed by atoms with E-state index in [9.17, 15) is 0 Å². The summed E-state index contributed by atoms with van der Waals surface area (Å²) in [7, 11) is 0. The molecule has 0 unspecified atom stereocenters. The highest BCUT2D eigenvalue weighted by molar-refractivity contribution is 7.99. The van der Waals surface area contributed by atoms with E-state index in [-0.39, 0.29) is 0 Å². The van der Waals surface area contributed by atoms with Gasteiger partial charge in [0.25, 0.3) is 0 Å². The number of benzene rings is 2. The quantitative estimate of drug-likeness (QED) is 0.666. The molecule has 1 aliphatic heterocycles. The molecular formula is C20H20N4S. The monoisotopic (exact) mass is 348 g/mol. The third-order valence-corrected chi connectivity index (χ3v) is 6.18. The lowest BCUT2D eigenvalue weighted by Gasteiger charge is -2.21. The molecule has 0 radical (unpaired) electrons. The Kier molecular flexibility index (Phi) is 3.82. The highest BCUT2D eigenvalue weighted by Crippen LogP contribution is 2.34. The zero-order valence-corrected chi connectivity index (χ0v) is 14.9. The van der Waals surface area contributed by atoms with E-state index < -0.39 is 0 Å². The second-order valence-electron chi connectivity index (χ2n) is 6.88. The number of hydrogen-bond acceptors (Lipinski definition) is 4. The number of aromatic nitrogens is 3. The van der Waals surface area contributed by atoms with Crippen molar-refractivity contribution in [1.82, 2.24) is 14.9 Å². The van der Waals surface area contributed by atoms with Gasteiger partial charge in [0.1, 0.15) is 0 Å². The third kappa shape index (κ3) is 2.76. The second kappa shape index (κ2) is 6.30. The normalized spacial score (nSPS) is 18.2. The van der Waals surface area contributed by atoms with Crippen molar-refractivity contribution >= 4 is 28.2 Å². The Labute approximate surface area is 151 Å². The summed E-state index contributed by atoms with van der Waals surface area (Å²) < 4.78 is 2.01. The Morgan fingerprint density at radius 2 is 1.76 bits per heavy atom. The third-order valence-electron chi connectivity index (χ3n) is 5.25. The van der Waals surface area contributed by atoms with E-state index in [0.29, 0.717) is 5.92 Å². The number of fused-ring (bicyclic) bond motifs is 2. The van der Waals surface area contributed by atoms with E-state index in [1.807, 2.05) is 4.68 Å². The van der Waals surface area contributed by atoms with E-state index in [1.165, 1.54) is 48.4 Å². The molecule has 1 fully saturated rings. The van der Waals surface area contributed by atoms with Gasteiger partial charge in [-0.05, 0) is 35.2 Å². The molecule has 1 saturated carbocycles. The molecule has 2 heterocycles. The predicted molar refractivity (Wildman–Crippen MR) is 102 cm³/mol. The minimum Gasteiger partial charge on any atom is -0.191 e. The molecule has 0 spiro atoms. The lowest BCUT2D eigenvalue weighted by Crippen LogP contribution is -2.17. The minimum atomic E-state index is 0.510. The lowest BCUT2D eigenvalue weighted by atomic mass is 9.89. The lowest BCUT2D eigenvalue weighted by molar-refractivity contribution is 0.417. The molecule has 126 valence electrons. The molecule has 5 rings (SSSR count). The molecule has 0 atom stereocenters. The first-order valence-electron chi connectivity index (χ1n) is 9.03. The molecule has 0 bridgehead atoms. The number of nitrogens with zero attached hydrogens (tertiary/aromatic N) is 4. The van der Waals surface area contributed by atoms with Gasteiger partial charge in [-0.1, -0.05) is 67.4 Å². The fourth-order valence-electron chi connectivity index (χ4n) is 3.87. The summed E-state index contributed by atoms with van der Waals surface area (Å²) >= 11 is 1.74. The van der Waals surface area contributed by atoms with Gasteiger partial charge in [0.15, 0.2) is 5.82 Å². The summed E-state index contributed by atoms with van der Waals surface area (Å²) in [6.45, 7) is 0. The van der Waals surface area contributed by atoms with E-state index in [1.54, 1.807) is 11.8 Å². The van der Waals surface area contributed by atoms with Gasteiger partial charge in [0, 0.05) is 11.7 Å². The molecule has 4 nitrogen and oxygen atoms in total. The van der Waals surface area contributed by atoms with E-state index >= 15 is 0 Å². The molecule has 3 aromatic rings. The summed E-state index contributed by atoms with van der Waals surface area (Å²) in [6, 6.07) is 15.1. The van der Waals surface area contributed by atoms with Crippen LogP contribution in [-0.2, 0) is 0 Å². The Morgan fingerprint density at radius 1 is 0.920 bits per heavy atom. The second-order valence-corrected chi connectivity index (χ2v) is 7.83. The van der Waals surface area contributed by atoms with Crippen molar-refractivity contribution in [1.29, 1.82) is 0 Å². The van der Waals surface area contributed by atoms with E-state index in [0.717, 1.165) is 22.4 Å². The first-order chi connectivity index (χ1) is 12.4. The van der Waals surface area contributed by atoms with Crippen molar-refractivity contribution in [2.24, 2.45) is 5.10 Å². The molecule has 25 heavy (non-hydrogen) atoms. The Hall–Kier alpha value is -2.14. The average Bonchev–Trinajstić information content (AvgIpc) is 3.11. The van der Waals surface area contributed by atoms with Crippen LogP contribution in [0.1, 0.15) is 49.4 Å². The van der Waals surface area contributed by atoms with Gasteiger partial charge in [0.2, 0.25) is 5.16 Å². The maximum atomic E-state index is 4.95. The molecule has 1 aromatic heterocycles. The van der Waals surface area contributed by atoms with Crippen LogP contribution in [0.2, 0.25) is 0 Å². The smallest absolute Gasteiger partial charge is 0.191 e. The van der Waals surface area contributed by atoms with Crippen LogP contribution in [0.25, 0.3) is 10.8 Å². The van der Waals surface area contributed by atoms with Crippen LogP contribution in [0.3, 0.4) is 0 Å². The van der Waals surface area contributed by atoms with Crippen molar-refractivity contribution in [3.05, 3.63) is 53.9 Å². The first-order valence-corrected chi connectivity index (χ1v) is 10.0.